The Hall–Kier alpha value is -0.900. The second kappa shape index (κ2) is 4.53. The molecule has 4 heteroatoms. The number of halogens is 1. The van der Waals surface area contributed by atoms with E-state index in [-0.39, 0.29) is 0 Å². The van der Waals surface area contributed by atoms with Crippen LogP contribution in [0.2, 0.25) is 4.34 Å². The molecule has 0 aliphatic heterocycles. The van der Waals surface area contributed by atoms with Crippen molar-refractivity contribution in [1.29, 1.82) is 0 Å². The van der Waals surface area contributed by atoms with Crippen molar-refractivity contribution in [3.63, 3.8) is 0 Å². The van der Waals surface area contributed by atoms with Gasteiger partial charge in [0.15, 0.2) is 0 Å². The van der Waals surface area contributed by atoms with Crippen LogP contribution in [0, 0.1) is 13.8 Å². The zero-order valence-corrected chi connectivity index (χ0v) is 10.6. The van der Waals surface area contributed by atoms with Gasteiger partial charge >= 0.3 is 0 Å². The maximum Gasteiger partial charge on any atom is 0.131 e. The van der Waals surface area contributed by atoms with Crippen LogP contribution < -0.4 is 0 Å². The number of thiazole rings is 1. The predicted octanol–water partition coefficient (Wildman–Crippen LogP) is 3.50. The number of aryl methyl sites for hydroxylation is 2. The van der Waals surface area contributed by atoms with E-state index in [0.29, 0.717) is 9.34 Å². The zero-order valence-electron chi connectivity index (χ0n) is 9.07. The lowest BCUT2D eigenvalue weighted by atomic mass is 10.0. The van der Waals surface area contributed by atoms with Crippen LogP contribution in [-0.4, -0.2) is 10.1 Å². The molecule has 1 unspecified atom stereocenters. The van der Waals surface area contributed by atoms with E-state index in [4.69, 9.17) is 11.6 Å². The molecule has 1 aromatic heterocycles. The second-order valence-corrected chi connectivity index (χ2v) is 5.46. The monoisotopic (exact) mass is 253 g/mol. The molecule has 84 valence electrons. The number of aromatic nitrogens is 1. The quantitative estimate of drug-likeness (QED) is 0.889. The number of aliphatic hydroxyl groups is 1. The molecule has 2 rings (SSSR count). The molecule has 1 aromatic carbocycles. The van der Waals surface area contributed by atoms with Crippen molar-refractivity contribution >= 4 is 22.9 Å². The lowest BCUT2D eigenvalue weighted by Gasteiger charge is -2.11. The van der Waals surface area contributed by atoms with Gasteiger partial charge in [-0.25, -0.2) is 4.98 Å². The summed E-state index contributed by atoms with van der Waals surface area (Å²) in [5.41, 5.74) is 3.14. The summed E-state index contributed by atoms with van der Waals surface area (Å²) < 4.78 is 0.596. The zero-order chi connectivity index (χ0) is 11.7. The first-order valence-electron chi connectivity index (χ1n) is 4.94. The molecule has 16 heavy (non-hydrogen) atoms. The molecule has 0 aliphatic rings. The molecule has 0 amide bonds. The first-order chi connectivity index (χ1) is 7.58. The van der Waals surface area contributed by atoms with E-state index >= 15 is 0 Å². The van der Waals surface area contributed by atoms with Crippen molar-refractivity contribution in [1.82, 2.24) is 4.98 Å². The molecule has 2 aromatic rings. The highest BCUT2D eigenvalue weighted by atomic mass is 35.5. The van der Waals surface area contributed by atoms with Gasteiger partial charge in [0.05, 0.1) is 6.20 Å². The Morgan fingerprint density at radius 2 is 2.12 bits per heavy atom. The van der Waals surface area contributed by atoms with Crippen molar-refractivity contribution in [3.05, 3.63) is 50.4 Å². The van der Waals surface area contributed by atoms with Gasteiger partial charge in [-0.1, -0.05) is 35.4 Å². The molecular formula is C12H12ClNOS. The molecule has 0 fully saturated rings. The van der Waals surface area contributed by atoms with Crippen molar-refractivity contribution < 1.29 is 5.11 Å². The van der Waals surface area contributed by atoms with E-state index in [1.165, 1.54) is 16.9 Å². The highest BCUT2D eigenvalue weighted by Gasteiger charge is 2.16. The lowest BCUT2D eigenvalue weighted by molar-refractivity contribution is 0.219. The van der Waals surface area contributed by atoms with Crippen LogP contribution in [0.3, 0.4) is 0 Å². The Morgan fingerprint density at radius 1 is 1.38 bits per heavy atom. The van der Waals surface area contributed by atoms with E-state index < -0.39 is 6.10 Å². The molecule has 2 nitrogen and oxygen atoms in total. The molecule has 1 atom stereocenters. The average Bonchev–Trinajstić information content (AvgIpc) is 2.64. The maximum atomic E-state index is 10.2. The Balaban J connectivity index is 2.37. The van der Waals surface area contributed by atoms with Crippen molar-refractivity contribution in [3.8, 4) is 0 Å². The van der Waals surface area contributed by atoms with Crippen molar-refractivity contribution in [2.45, 2.75) is 20.0 Å². The van der Waals surface area contributed by atoms with E-state index in [9.17, 15) is 5.11 Å². The third kappa shape index (κ3) is 2.26. The minimum absolute atomic E-state index is 0.596. The Labute approximate surface area is 104 Å². The molecule has 1 N–H and O–H groups in total. The minimum atomic E-state index is -0.682. The molecular weight excluding hydrogens is 242 g/mol. The summed E-state index contributed by atoms with van der Waals surface area (Å²) in [6.45, 7) is 4.02. The first kappa shape index (κ1) is 11.6. The lowest BCUT2D eigenvalue weighted by Crippen LogP contribution is -2.01. The van der Waals surface area contributed by atoms with Gasteiger partial charge in [-0.3, -0.25) is 0 Å². The molecule has 0 saturated carbocycles. The largest absolute Gasteiger partial charge is 0.381 e. The highest BCUT2D eigenvalue weighted by molar-refractivity contribution is 7.15. The van der Waals surface area contributed by atoms with Gasteiger partial charge < -0.3 is 5.11 Å². The van der Waals surface area contributed by atoms with Gasteiger partial charge in [-0.2, -0.15) is 0 Å². The normalized spacial score (nSPS) is 12.8. The number of benzene rings is 1. The van der Waals surface area contributed by atoms with Crippen LogP contribution in [0.1, 0.15) is 27.8 Å². The average molecular weight is 254 g/mol. The summed E-state index contributed by atoms with van der Waals surface area (Å²) in [7, 11) is 0. The highest BCUT2D eigenvalue weighted by Crippen LogP contribution is 2.30. The maximum absolute atomic E-state index is 10.2. The number of nitrogens with zero attached hydrogens (tertiary/aromatic N) is 1. The fourth-order valence-corrected chi connectivity index (χ4v) is 2.59. The van der Waals surface area contributed by atoms with E-state index in [0.717, 1.165) is 11.1 Å². The summed E-state index contributed by atoms with van der Waals surface area (Å²) >= 11 is 7.11. The van der Waals surface area contributed by atoms with Gasteiger partial charge in [-0.05, 0) is 25.0 Å². The van der Waals surface area contributed by atoms with Crippen LogP contribution in [-0.2, 0) is 0 Å². The second-order valence-electron chi connectivity index (χ2n) is 3.77. The predicted molar refractivity (Wildman–Crippen MR) is 67.1 cm³/mol. The van der Waals surface area contributed by atoms with E-state index in [1.807, 2.05) is 32.0 Å². The van der Waals surface area contributed by atoms with Crippen molar-refractivity contribution in [2.24, 2.45) is 0 Å². The molecule has 0 bridgehead atoms. The minimum Gasteiger partial charge on any atom is -0.381 e. The molecule has 0 saturated heterocycles. The molecule has 0 spiro atoms. The van der Waals surface area contributed by atoms with Gasteiger partial charge in [0.25, 0.3) is 0 Å². The summed E-state index contributed by atoms with van der Waals surface area (Å²) in [5, 5.41) is 10.8. The molecule has 0 radical (unpaired) electrons. The smallest absolute Gasteiger partial charge is 0.131 e. The number of hydrogen-bond acceptors (Lipinski definition) is 3. The van der Waals surface area contributed by atoms with Crippen LogP contribution in [0.25, 0.3) is 0 Å². The van der Waals surface area contributed by atoms with Gasteiger partial charge in [-0.15, -0.1) is 11.3 Å². The van der Waals surface area contributed by atoms with Crippen molar-refractivity contribution in [2.75, 3.05) is 0 Å². The van der Waals surface area contributed by atoms with Crippen LogP contribution in [0.5, 0.6) is 0 Å². The van der Waals surface area contributed by atoms with Crippen LogP contribution >= 0.6 is 22.9 Å². The summed E-state index contributed by atoms with van der Waals surface area (Å²) in [6, 6.07) is 5.97. The Bertz CT molecular complexity index is 509. The first-order valence-corrected chi connectivity index (χ1v) is 6.14. The standard InChI is InChI=1S/C12H12ClNOS/c1-7-3-4-9(8(2)5-7)11(15)12-14-6-10(13)16-12/h3-6,11,15H,1-2H3. The van der Waals surface area contributed by atoms with Gasteiger partial charge in [0, 0.05) is 0 Å². The van der Waals surface area contributed by atoms with E-state index in [1.54, 1.807) is 6.20 Å². The number of hydrogen-bond donors (Lipinski definition) is 1. The van der Waals surface area contributed by atoms with Crippen LogP contribution in [0.4, 0.5) is 0 Å². The van der Waals surface area contributed by atoms with Gasteiger partial charge in [0.1, 0.15) is 15.4 Å². The van der Waals surface area contributed by atoms with E-state index in [2.05, 4.69) is 4.98 Å². The van der Waals surface area contributed by atoms with Crippen LogP contribution in [0.15, 0.2) is 24.4 Å². The summed E-state index contributed by atoms with van der Waals surface area (Å²) in [6.07, 6.45) is 0.881. The number of rotatable bonds is 2. The van der Waals surface area contributed by atoms with Gasteiger partial charge in [0.2, 0.25) is 0 Å². The molecule has 0 aliphatic carbocycles. The third-order valence-electron chi connectivity index (χ3n) is 2.45. The Morgan fingerprint density at radius 3 is 2.69 bits per heavy atom. The fraction of sp³-hybridized carbons (Fsp3) is 0.250. The summed E-state index contributed by atoms with van der Waals surface area (Å²) in [5.74, 6) is 0. The SMILES string of the molecule is Cc1ccc(C(O)c2ncc(Cl)s2)c(C)c1. The Kier molecular flexibility index (Phi) is 3.28. The molecule has 1 heterocycles. The fourth-order valence-electron chi connectivity index (χ4n) is 1.66. The third-order valence-corrected chi connectivity index (χ3v) is 3.62. The topological polar surface area (TPSA) is 33.1 Å². The number of aliphatic hydroxyl groups excluding tert-OH is 1. The summed E-state index contributed by atoms with van der Waals surface area (Å²) in [4.78, 5) is 4.09.